The molecular weight excluding hydrogens is 414 g/mol. The van der Waals surface area contributed by atoms with Crippen molar-refractivity contribution >= 4 is 28.7 Å². The third kappa shape index (κ3) is 5.89. The van der Waals surface area contributed by atoms with Crippen LogP contribution in [-0.2, 0) is 4.79 Å². The minimum Gasteiger partial charge on any atom is -0.494 e. The molecule has 0 saturated carbocycles. The van der Waals surface area contributed by atoms with Crippen molar-refractivity contribution in [2.24, 2.45) is 0 Å². The molecule has 162 valence electrons. The molecule has 3 aromatic rings. The zero-order valence-corrected chi connectivity index (χ0v) is 18.2. The zero-order valence-electron chi connectivity index (χ0n) is 17.4. The van der Waals surface area contributed by atoms with Crippen LogP contribution >= 0.6 is 11.8 Å². The van der Waals surface area contributed by atoms with E-state index in [2.05, 4.69) is 15.3 Å². The first kappa shape index (κ1) is 22.4. The quantitative estimate of drug-likeness (QED) is 0.269. The number of H-pyrrole nitrogens is 1. The molecule has 31 heavy (non-hydrogen) atoms. The molecule has 0 spiro atoms. The third-order valence-electron chi connectivity index (χ3n) is 4.54. The van der Waals surface area contributed by atoms with Gasteiger partial charge < -0.3 is 15.0 Å². The van der Waals surface area contributed by atoms with Gasteiger partial charge in [0.05, 0.1) is 30.3 Å². The summed E-state index contributed by atoms with van der Waals surface area (Å²) in [4.78, 5) is 32.5. The van der Waals surface area contributed by atoms with E-state index in [4.69, 9.17) is 10.00 Å². The third-order valence-corrected chi connectivity index (χ3v) is 5.57. The van der Waals surface area contributed by atoms with Crippen LogP contribution in [0.4, 0.5) is 0 Å². The normalized spacial score (nSPS) is 10.7. The molecule has 0 bridgehead atoms. The number of unbranched alkanes of at least 4 members (excludes halogenated alkanes) is 1. The number of hydrogen-bond donors (Lipinski definition) is 2. The lowest BCUT2D eigenvalue weighted by Crippen LogP contribution is -2.23. The van der Waals surface area contributed by atoms with Crippen molar-refractivity contribution in [2.45, 2.75) is 37.8 Å². The lowest BCUT2D eigenvalue weighted by Gasteiger charge is -2.13. The number of aromatic amines is 1. The van der Waals surface area contributed by atoms with Gasteiger partial charge in [0.15, 0.2) is 5.16 Å². The Morgan fingerprint density at radius 2 is 2.10 bits per heavy atom. The molecule has 8 nitrogen and oxygen atoms in total. The predicted octanol–water partition coefficient (Wildman–Crippen LogP) is 3.40. The summed E-state index contributed by atoms with van der Waals surface area (Å²) in [5, 5.41) is 11.8. The highest BCUT2D eigenvalue weighted by Crippen LogP contribution is 2.23. The maximum atomic E-state index is 13.1. The minimum absolute atomic E-state index is 0.0431. The molecule has 0 aliphatic carbocycles. The van der Waals surface area contributed by atoms with Crippen LogP contribution in [0.5, 0.6) is 5.75 Å². The summed E-state index contributed by atoms with van der Waals surface area (Å²) >= 11 is 1.49. The van der Waals surface area contributed by atoms with Crippen molar-refractivity contribution in [3.8, 4) is 17.5 Å². The summed E-state index contributed by atoms with van der Waals surface area (Å²) in [6.45, 7) is 2.89. The summed E-state index contributed by atoms with van der Waals surface area (Å²) in [5.74, 6) is 1.43. The second kappa shape index (κ2) is 11.2. The smallest absolute Gasteiger partial charge is 0.283 e. The highest BCUT2D eigenvalue weighted by molar-refractivity contribution is 7.99. The summed E-state index contributed by atoms with van der Waals surface area (Å²) in [6, 6.07) is 11.2. The average Bonchev–Trinajstić information content (AvgIpc) is 3.24. The standard InChI is InChI=1S/C22H25N5O3S/c1-2-30-17-9-7-16(8-10-17)27-21(29)20-18(11-14-25-20)26-22(27)31-15-4-3-6-19(28)24-13-5-12-23/h7-11,14,25H,2-6,13,15H2,1H3,(H,24,28). The molecule has 0 saturated heterocycles. The largest absolute Gasteiger partial charge is 0.494 e. The van der Waals surface area contributed by atoms with Crippen molar-refractivity contribution in [2.75, 3.05) is 18.9 Å². The molecular formula is C22H25N5O3S. The van der Waals surface area contributed by atoms with E-state index in [-0.39, 0.29) is 11.5 Å². The highest BCUT2D eigenvalue weighted by atomic mass is 32.2. The van der Waals surface area contributed by atoms with E-state index in [1.807, 2.05) is 37.3 Å². The Morgan fingerprint density at radius 3 is 2.84 bits per heavy atom. The number of fused-ring (bicyclic) bond motifs is 1. The van der Waals surface area contributed by atoms with E-state index in [0.717, 1.165) is 30.0 Å². The van der Waals surface area contributed by atoms with Gasteiger partial charge >= 0.3 is 0 Å². The molecule has 1 amide bonds. The molecule has 0 atom stereocenters. The number of hydrogen-bond acceptors (Lipinski definition) is 6. The van der Waals surface area contributed by atoms with Gasteiger partial charge in [0.1, 0.15) is 11.3 Å². The van der Waals surface area contributed by atoms with Gasteiger partial charge in [-0.3, -0.25) is 14.2 Å². The molecule has 2 aromatic heterocycles. The summed E-state index contributed by atoms with van der Waals surface area (Å²) in [5.41, 5.74) is 1.66. The van der Waals surface area contributed by atoms with Gasteiger partial charge in [-0.2, -0.15) is 5.26 Å². The fraction of sp³-hybridized carbons (Fsp3) is 0.364. The molecule has 0 aliphatic rings. The van der Waals surface area contributed by atoms with E-state index in [9.17, 15) is 9.59 Å². The van der Waals surface area contributed by atoms with E-state index in [1.54, 1.807) is 16.8 Å². The van der Waals surface area contributed by atoms with Crippen LogP contribution in [0, 0.1) is 11.3 Å². The maximum absolute atomic E-state index is 13.1. The Bertz CT molecular complexity index is 1110. The Kier molecular flexibility index (Phi) is 8.12. The van der Waals surface area contributed by atoms with Gasteiger partial charge in [-0.15, -0.1) is 0 Å². The lowest BCUT2D eigenvalue weighted by atomic mass is 10.2. The van der Waals surface area contributed by atoms with Crippen LogP contribution < -0.4 is 15.6 Å². The molecule has 3 rings (SSSR count). The summed E-state index contributed by atoms with van der Waals surface area (Å²) in [7, 11) is 0. The van der Waals surface area contributed by atoms with Crippen LogP contribution in [-0.4, -0.2) is 39.3 Å². The van der Waals surface area contributed by atoms with Crippen molar-refractivity contribution in [1.29, 1.82) is 5.26 Å². The molecule has 0 radical (unpaired) electrons. The molecule has 0 aliphatic heterocycles. The van der Waals surface area contributed by atoms with Crippen molar-refractivity contribution in [1.82, 2.24) is 19.9 Å². The van der Waals surface area contributed by atoms with Gasteiger partial charge in [-0.25, -0.2) is 4.98 Å². The molecule has 0 fully saturated rings. The lowest BCUT2D eigenvalue weighted by molar-refractivity contribution is -0.121. The molecule has 9 heteroatoms. The topological polar surface area (TPSA) is 113 Å². The second-order valence-electron chi connectivity index (χ2n) is 6.76. The minimum atomic E-state index is -0.154. The van der Waals surface area contributed by atoms with Gasteiger partial charge in [0, 0.05) is 24.9 Å². The molecule has 2 N–H and O–H groups in total. The predicted molar refractivity (Wildman–Crippen MR) is 121 cm³/mol. The Balaban J connectivity index is 1.70. The maximum Gasteiger partial charge on any atom is 0.283 e. The van der Waals surface area contributed by atoms with E-state index >= 15 is 0 Å². The highest BCUT2D eigenvalue weighted by Gasteiger charge is 2.14. The van der Waals surface area contributed by atoms with E-state index in [0.29, 0.717) is 42.2 Å². The number of carbonyl (C=O) groups excluding carboxylic acids is 1. The summed E-state index contributed by atoms with van der Waals surface area (Å²) in [6.07, 6.45) is 3.98. The second-order valence-corrected chi connectivity index (χ2v) is 7.83. The van der Waals surface area contributed by atoms with Crippen LogP contribution in [0.1, 0.15) is 32.6 Å². The van der Waals surface area contributed by atoms with Gasteiger partial charge in [0.2, 0.25) is 5.91 Å². The van der Waals surface area contributed by atoms with Crippen molar-refractivity contribution in [3.05, 3.63) is 46.9 Å². The number of nitrogens with one attached hydrogen (secondary N) is 2. The van der Waals surface area contributed by atoms with E-state index in [1.165, 1.54) is 11.8 Å². The van der Waals surface area contributed by atoms with Crippen molar-refractivity contribution < 1.29 is 9.53 Å². The van der Waals surface area contributed by atoms with Crippen molar-refractivity contribution in [3.63, 3.8) is 0 Å². The van der Waals surface area contributed by atoms with Crippen LogP contribution in [0.3, 0.4) is 0 Å². The monoisotopic (exact) mass is 439 g/mol. The Morgan fingerprint density at radius 1 is 1.29 bits per heavy atom. The number of carbonyl (C=O) groups is 1. The first-order valence-corrected chi connectivity index (χ1v) is 11.2. The Hall–Kier alpha value is -3.25. The zero-order chi connectivity index (χ0) is 22.1. The first-order chi connectivity index (χ1) is 15.1. The number of nitriles is 1. The first-order valence-electron chi connectivity index (χ1n) is 10.2. The van der Waals surface area contributed by atoms with E-state index < -0.39 is 0 Å². The number of rotatable bonds is 11. The van der Waals surface area contributed by atoms with Gasteiger partial charge in [-0.1, -0.05) is 11.8 Å². The van der Waals surface area contributed by atoms with Crippen LogP contribution in [0.2, 0.25) is 0 Å². The fourth-order valence-electron chi connectivity index (χ4n) is 3.06. The number of amides is 1. The van der Waals surface area contributed by atoms with Crippen LogP contribution in [0.25, 0.3) is 16.7 Å². The molecule has 1 aromatic carbocycles. The average molecular weight is 440 g/mol. The molecule has 2 heterocycles. The summed E-state index contributed by atoms with van der Waals surface area (Å²) < 4.78 is 7.10. The Labute approximate surface area is 184 Å². The van der Waals surface area contributed by atoms with Gasteiger partial charge in [0.25, 0.3) is 5.56 Å². The molecule has 0 unspecified atom stereocenters. The number of thioether (sulfide) groups is 1. The fourth-order valence-corrected chi connectivity index (χ4v) is 4.07. The SMILES string of the molecule is CCOc1ccc(-n2c(SCCCCC(=O)NCCC#N)nc3cc[nH]c3c2=O)cc1. The van der Waals surface area contributed by atoms with Gasteiger partial charge in [-0.05, 0) is 50.1 Å². The number of benzene rings is 1. The van der Waals surface area contributed by atoms with Crippen LogP contribution in [0.15, 0.2) is 46.5 Å². The number of ether oxygens (including phenoxy) is 1. The number of nitrogens with zero attached hydrogens (tertiary/aromatic N) is 3. The number of aromatic nitrogens is 3.